The van der Waals surface area contributed by atoms with Crippen LogP contribution < -0.4 is 20.9 Å². The quantitative estimate of drug-likeness (QED) is 0.643. The minimum atomic E-state index is -0.402. The molecular weight excluding hydrogens is 322 g/mol. The number of rotatable bonds is 7. The topological polar surface area (TPSA) is 88.7 Å². The lowest BCUT2D eigenvalue weighted by molar-refractivity contribution is -0.153. The van der Waals surface area contributed by atoms with Gasteiger partial charge < -0.3 is 14.8 Å². The van der Waals surface area contributed by atoms with Gasteiger partial charge in [-0.25, -0.2) is 5.43 Å². The van der Waals surface area contributed by atoms with Crippen LogP contribution in [0.15, 0.2) is 24.3 Å². The number of esters is 1. The molecule has 2 unspecified atom stereocenters. The number of amides is 1. The minimum absolute atomic E-state index is 0.214. The van der Waals surface area contributed by atoms with Crippen molar-refractivity contribution in [3.8, 4) is 5.75 Å². The van der Waals surface area contributed by atoms with E-state index in [1.54, 1.807) is 7.11 Å². The first-order chi connectivity index (χ1) is 11.9. The van der Waals surface area contributed by atoms with Crippen molar-refractivity contribution in [1.82, 2.24) is 16.2 Å². The summed E-state index contributed by atoms with van der Waals surface area (Å²) in [7, 11) is 1.61. The van der Waals surface area contributed by atoms with Crippen molar-refractivity contribution in [2.75, 3.05) is 20.3 Å². The summed E-state index contributed by atoms with van der Waals surface area (Å²) < 4.78 is 10.4. The highest BCUT2D eigenvalue weighted by atomic mass is 16.5. The molecule has 0 aliphatic carbocycles. The number of ether oxygens (including phenoxy) is 2. The van der Waals surface area contributed by atoms with Gasteiger partial charge in [0.05, 0.1) is 19.1 Å². The van der Waals surface area contributed by atoms with E-state index in [1.165, 1.54) is 0 Å². The number of methoxy groups -OCH3 is 1. The van der Waals surface area contributed by atoms with Gasteiger partial charge in [0.15, 0.2) is 6.61 Å². The van der Waals surface area contributed by atoms with E-state index in [-0.39, 0.29) is 24.1 Å². The molecule has 1 aliphatic heterocycles. The van der Waals surface area contributed by atoms with Crippen LogP contribution in [0.4, 0.5) is 0 Å². The molecule has 0 spiro atoms. The molecule has 25 heavy (non-hydrogen) atoms. The number of hydrogen-bond donors (Lipinski definition) is 3. The van der Waals surface area contributed by atoms with Crippen LogP contribution >= 0.6 is 0 Å². The zero-order chi connectivity index (χ0) is 18.4. The molecule has 1 saturated heterocycles. The van der Waals surface area contributed by atoms with Crippen molar-refractivity contribution in [3.63, 3.8) is 0 Å². The Kier molecular flexibility index (Phi) is 6.39. The van der Waals surface area contributed by atoms with Gasteiger partial charge in [0, 0.05) is 12.1 Å². The third kappa shape index (κ3) is 5.17. The van der Waals surface area contributed by atoms with Gasteiger partial charge in [0.25, 0.3) is 5.91 Å². The molecule has 2 rings (SSSR count). The van der Waals surface area contributed by atoms with Gasteiger partial charge in [-0.1, -0.05) is 19.1 Å². The monoisotopic (exact) mass is 349 g/mol. The van der Waals surface area contributed by atoms with Gasteiger partial charge in [-0.15, -0.1) is 0 Å². The second kappa shape index (κ2) is 8.31. The fourth-order valence-corrected chi connectivity index (χ4v) is 2.59. The fourth-order valence-electron chi connectivity index (χ4n) is 2.59. The summed E-state index contributed by atoms with van der Waals surface area (Å²) in [5.74, 6) is -0.340. The molecule has 0 aromatic heterocycles. The Morgan fingerprint density at radius 1 is 1.28 bits per heavy atom. The first-order valence-corrected chi connectivity index (χ1v) is 8.46. The molecular formula is C18H27N3O4. The van der Waals surface area contributed by atoms with Crippen molar-refractivity contribution < 1.29 is 19.1 Å². The standard InChI is InChI=1S/C18H27N3O4/c1-5-18(2,3)20-15(22)11-25-17(23)14-10-19-21-16(14)12-6-8-13(24-4)9-7-12/h6-9,14,16,19,21H,5,10-11H2,1-4H3,(H,20,22). The average molecular weight is 349 g/mol. The Morgan fingerprint density at radius 2 is 1.96 bits per heavy atom. The SMILES string of the molecule is CCC(C)(C)NC(=O)COC(=O)C1CNNC1c1ccc(OC)cc1. The summed E-state index contributed by atoms with van der Waals surface area (Å²) in [6.07, 6.45) is 0.794. The van der Waals surface area contributed by atoms with Crippen LogP contribution in [0.2, 0.25) is 0 Å². The van der Waals surface area contributed by atoms with Crippen molar-refractivity contribution in [2.24, 2.45) is 5.92 Å². The highest BCUT2D eigenvalue weighted by Gasteiger charge is 2.35. The van der Waals surface area contributed by atoms with Gasteiger partial charge in [0.1, 0.15) is 5.75 Å². The lowest BCUT2D eigenvalue weighted by atomic mass is 9.95. The molecule has 1 aromatic carbocycles. The Hall–Kier alpha value is -2.12. The summed E-state index contributed by atoms with van der Waals surface area (Å²) in [6.45, 7) is 6.02. The molecule has 0 saturated carbocycles. The maximum atomic E-state index is 12.4. The highest BCUT2D eigenvalue weighted by Crippen LogP contribution is 2.27. The maximum Gasteiger partial charge on any atom is 0.312 e. The zero-order valence-electron chi connectivity index (χ0n) is 15.2. The number of nitrogens with one attached hydrogen (secondary N) is 3. The summed E-state index contributed by atoms with van der Waals surface area (Å²) >= 11 is 0. The molecule has 7 heteroatoms. The summed E-state index contributed by atoms with van der Waals surface area (Å²) in [5, 5.41) is 2.85. The predicted molar refractivity (Wildman–Crippen MR) is 93.8 cm³/mol. The van der Waals surface area contributed by atoms with Crippen LogP contribution in [-0.2, 0) is 14.3 Å². The molecule has 7 nitrogen and oxygen atoms in total. The highest BCUT2D eigenvalue weighted by molar-refractivity contribution is 5.82. The summed E-state index contributed by atoms with van der Waals surface area (Å²) in [6, 6.07) is 7.28. The second-order valence-corrected chi connectivity index (χ2v) is 6.78. The van der Waals surface area contributed by atoms with E-state index in [1.807, 2.05) is 45.0 Å². The molecule has 1 fully saturated rings. The average Bonchev–Trinajstić information content (AvgIpc) is 3.09. The fraction of sp³-hybridized carbons (Fsp3) is 0.556. The Bertz CT molecular complexity index is 601. The van der Waals surface area contributed by atoms with E-state index in [0.717, 1.165) is 17.7 Å². The molecule has 1 heterocycles. The molecule has 1 aromatic rings. The Labute approximate surface area is 148 Å². The van der Waals surface area contributed by atoms with Crippen LogP contribution in [-0.4, -0.2) is 37.7 Å². The molecule has 1 amide bonds. The first kappa shape index (κ1) is 19.2. The van der Waals surface area contributed by atoms with E-state index in [4.69, 9.17) is 9.47 Å². The molecule has 0 radical (unpaired) electrons. The van der Waals surface area contributed by atoms with E-state index in [0.29, 0.717) is 6.54 Å². The van der Waals surface area contributed by atoms with Gasteiger partial charge in [-0.2, -0.15) is 0 Å². The molecule has 0 bridgehead atoms. The summed E-state index contributed by atoms with van der Waals surface area (Å²) in [5.41, 5.74) is 6.70. The summed E-state index contributed by atoms with van der Waals surface area (Å²) in [4.78, 5) is 24.3. The third-order valence-electron chi connectivity index (χ3n) is 4.47. The van der Waals surface area contributed by atoms with Crippen molar-refractivity contribution in [2.45, 2.75) is 38.8 Å². The van der Waals surface area contributed by atoms with Crippen LogP contribution in [0.25, 0.3) is 0 Å². The number of hydrogen-bond acceptors (Lipinski definition) is 6. The smallest absolute Gasteiger partial charge is 0.312 e. The van der Waals surface area contributed by atoms with Crippen molar-refractivity contribution in [3.05, 3.63) is 29.8 Å². The van der Waals surface area contributed by atoms with Gasteiger partial charge in [-0.05, 0) is 38.0 Å². The largest absolute Gasteiger partial charge is 0.497 e. The molecule has 2 atom stereocenters. The van der Waals surface area contributed by atoms with Crippen molar-refractivity contribution in [1.29, 1.82) is 0 Å². The lowest BCUT2D eigenvalue weighted by Crippen LogP contribution is -2.45. The van der Waals surface area contributed by atoms with Crippen molar-refractivity contribution >= 4 is 11.9 Å². The van der Waals surface area contributed by atoms with Gasteiger partial charge in [-0.3, -0.25) is 15.0 Å². The normalized spacial score (nSPS) is 20.2. The van der Waals surface area contributed by atoms with Crippen LogP contribution in [0.5, 0.6) is 5.75 Å². The second-order valence-electron chi connectivity index (χ2n) is 6.78. The van der Waals surface area contributed by atoms with E-state index in [2.05, 4.69) is 16.2 Å². The number of carbonyl (C=O) groups is 2. The molecule has 138 valence electrons. The van der Waals surface area contributed by atoms with E-state index in [9.17, 15) is 9.59 Å². The Balaban J connectivity index is 1.92. The predicted octanol–water partition coefficient (Wildman–Crippen LogP) is 1.31. The molecule has 3 N–H and O–H groups in total. The van der Waals surface area contributed by atoms with E-state index < -0.39 is 11.9 Å². The van der Waals surface area contributed by atoms with E-state index >= 15 is 0 Å². The minimum Gasteiger partial charge on any atom is -0.497 e. The van der Waals surface area contributed by atoms with Gasteiger partial charge >= 0.3 is 5.97 Å². The van der Waals surface area contributed by atoms with Crippen LogP contribution in [0.3, 0.4) is 0 Å². The van der Waals surface area contributed by atoms with Gasteiger partial charge in [0.2, 0.25) is 0 Å². The van der Waals surface area contributed by atoms with Crippen LogP contribution in [0, 0.1) is 5.92 Å². The first-order valence-electron chi connectivity index (χ1n) is 8.46. The lowest BCUT2D eigenvalue weighted by Gasteiger charge is -2.24. The van der Waals surface area contributed by atoms with Crippen LogP contribution in [0.1, 0.15) is 38.8 Å². The molecule has 1 aliphatic rings. The Morgan fingerprint density at radius 3 is 2.56 bits per heavy atom. The third-order valence-corrected chi connectivity index (χ3v) is 4.47. The number of carbonyl (C=O) groups excluding carboxylic acids is 2. The maximum absolute atomic E-state index is 12.4. The number of hydrazine groups is 1. The number of benzene rings is 1. The zero-order valence-corrected chi connectivity index (χ0v) is 15.2.